The molecule has 0 saturated carbocycles. The van der Waals surface area contributed by atoms with E-state index >= 15 is 0 Å². The Hall–Kier alpha value is -3.08. The molecule has 3 aromatic carbocycles. The van der Waals surface area contributed by atoms with Gasteiger partial charge in [0.2, 0.25) is 11.8 Å². The van der Waals surface area contributed by atoms with Gasteiger partial charge in [0.1, 0.15) is 18.3 Å². The minimum atomic E-state index is -4.19. The summed E-state index contributed by atoms with van der Waals surface area (Å²) in [7, 11) is -2.73. The van der Waals surface area contributed by atoms with Gasteiger partial charge in [-0.25, -0.2) is 8.42 Å². The molecule has 3 rings (SSSR count). The number of ether oxygens (including phenoxy) is 1. The highest BCUT2D eigenvalue weighted by Gasteiger charge is 2.32. The van der Waals surface area contributed by atoms with Crippen LogP contribution in [0.5, 0.6) is 5.75 Å². The molecule has 0 aliphatic carbocycles. The summed E-state index contributed by atoms with van der Waals surface area (Å²) in [5.41, 5.74) is 0.966. The summed E-state index contributed by atoms with van der Waals surface area (Å²) >= 11 is 9.75. The molecule has 3 aromatic rings. The summed E-state index contributed by atoms with van der Waals surface area (Å²) < 4.78 is 34.8. The summed E-state index contributed by atoms with van der Waals surface area (Å²) in [6, 6.07) is 18.8. The summed E-state index contributed by atoms with van der Waals surface area (Å²) in [6.07, 6.45) is 0. The SMILES string of the molecule is COc1ccc(N(CC(=O)N(Cc2ccc(Br)cc2)[C@H](C)C(=O)NCC(C)C)S(=O)(=O)c2ccccc2)cc1Cl. The number of halogens is 2. The Morgan fingerprint density at radius 1 is 1.00 bits per heavy atom. The van der Waals surface area contributed by atoms with Crippen LogP contribution in [0.3, 0.4) is 0 Å². The van der Waals surface area contributed by atoms with Crippen LogP contribution in [0.25, 0.3) is 0 Å². The molecule has 214 valence electrons. The van der Waals surface area contributed by atoms with Crippen LogP contribution in [0.4, 0.5) is 5.69 Å². The van der Waals surface area contributed by atoms with E-state index in [1.54, 1.807) is 25.1 Å². The van der Waals surface area contributed by atoms with Crippen molar-refractivity contribution in [3.63, 3.8) is 0 Å². The van der Waals surface area contributed by atoms with Crippen LogP contribution in [0.2, 0.25) is 5.02 Å². The number of sulfonamides is 1. The fourth-order valence-electron chi connectivity index (χ4n) is 3.88. The molecule has 40 heavy (non-hydrogen) atoms. The van der Waals surface area contributed by atoms with Crippen molar-refractivity contribution in [2.45, 2.75) is 38.3 Å². The predicted octanol–water partition coefficient (Wildman–Crippen LogP) is 5.50. The number of hydrogen-bond donors (Lipinski definition) is 1. The fraction of sp³-hybridized carbons (Fsp3) is 0.310. The number of methoxy groups -OCH3 is 1. The highest BCUT2D eigenvalue weighted by Crippen LogP contribution is 2.32. The van der Waals surface area contributed by atoms with Crippen LogP contribution in [0.1, 0.15) is 26.3 Å². The monoisotopic (exact) mass is 649 g/mol. The predicted molar refractivity (Wildman–Crippen MR) is 161 cm³/mol. The van der Waals surface area contributed by atoms with E-state index in [0.29, 0.717) is 12.3 Å². The number of rotatable bonds is 12. The number of hydrogen-bond acceptors (Lipinski definition) is 5. The van der Waals surface area contributed by atoms with Crippen LogP contribution < -0.4 is 14.4 Å². The molecule has 0 bridgehead atoms. The Balaban J connectivity index is 2.03. The number of nitrogens with one attached hydrogen (secondary N) is 1. The van der Waals surface area contributed by atoms with Gasteiger partial charge in [-0.3, -0.25) is 13.9 Å². The number of benzene rings is 3. The summed E-state index contributed by atoms with van der Waals surface area (Å²) in [6.45, 7) is 5.57. The Kier molecular flexibility index (Phi) is 11.0. The van der Waals surface area contributed by atoms with Gasteiger partial charge in [0.25, 0.3) is 10.0 Å². The molecule has 0 spiro atoms. The quantitative estimate of drug-likeness (QED) is 0.280. The molecule has 1 N–H and O–H groups in total. The largest absolute Gasteiger partial charge is 0.495 e. The van der Waals surface area contributed by atoms with Crippen LogP contribution in [0.15, 0.2) is 82.2 Å². The number of carbonyl (C=O) groups is 2. The van der Waals surface area contributed by atoms with Gasteiger partial charge in [0, 0.05) is 17.6 Å². The van der Waals surface area contributed by atoms with Gasteiger partial charge in [-0.2, -0.15) is 0 Å². The summed E-state index contributed by atoms with van der Waals surface area (Å²) in [5, 5.41) is 3.06. The van der Waals surface area contributed by atoms with E-state index in [2.05, 4.69) is 21.2 Å². The van der Waals surface area contributed by atoms with E-state index in [1.807, 2.05) is 38.1 Å². The minimum absolute atomic E-state index is 0.0110. The van der Waals surface area contributed by atoms with E-state index in [1.165, 1.54) is 42.3 Å². The van der Waals surface area contributed by atoms with Gasteiger partial charge in [-0.05, 0) is 60.9 Å². The van der Waals surface area contributed by atoms with Crippen molar-refractivity contribution in [2.75, 3.05) is 24.5 Å². The van der Waals surface area contributed by atoms with Crippen molar-refractivity contribution >= 4 is 55.1 Å². The normalized spacial score (nSPS) is 12.1. The maximum Gasteiger partial charge on any atom is 0.264 e. The average molecular weight is 651 g/mol. The molecular formula is C29H33BrClN3O5S. The second kappa shape index (κ2) is 14.0. The highest BCUT2D eigenvalue weighted by molar-refractivity contribution is 9.10. The number of amides is 2. The van der Waals surface area contributed by atoms with Gasteiger partial charge < -0.3 is 15.0 Å². The zero-order chi connectivity index (χ0) is 29.4. The molecule has 8 nitrogen and oxygen atoms in total. The first-order chi connectivity index (χ1) is 18.9. The van der Waals surface area contributed by atoms with Gasteiger partial charge >= 0.3 is 0 Å². The first kappa shape index (κ1) is 31.4. The Morgan fingerprint density at radius 2 is 1.65 bits per heavy atom. The molecule has 0 aliphatic heterocycles. The molecule has 0 saturated heterocycles. The van der Waals surface area contributed by atoms with Crippen molar-refractivity contribution in [1.82, 2.24) is 10.2 Å². The van der Waals surface area contributed by atoms with E-state index in [-0.39, 0.29) is 34.0 Å². The lowest BCUT2D eigenvalue weighted by Gasteiger charge is -2.32. The van der Waals surface area contributed by atoms with Gasteiger partial charge in [0.15, 0.2) is 0 Å². The Morgan fingerprint density at radius 3 is 2.23 bits per heavy atom. The molecule has 0 fully saturated rings. The number of anilines is 1. The Labute approximate surface area is 249 Å². The maximum atomic E-state index is 13.9. The fourth-order valence-corrected chi connectivity index (χ4v) is 5.82. The van der Waals surface area contributed by atoms with E-state index in [0.717, 1.165) is 14.3 Å². The van der Waals surface area contributed by atoms with E-state index in [4.69, 9.17) is 16.3 Å². The van der Waals surface area contributed by atoms with Crippen LogP contribution >= 0.6 is 27.5 Å². The average Bonchev–Trinajstić information content (AvgIpc) is 2.94. The van der Waals surface area contributed by atoms with Crippen LogP contribution in [-0.2, 0) is 26.2 Å². The zero-order valence-corrected chi connectivity index (χ0v) is 26.0. The first-order valence-electron chi connectivity index (χ1n) is 12.7. The molecular weight excluding hydrogens is 618 g/mol. The lowest BCUT2D eigenvalue weighted by atomic mass is 10.1. The lowest BCUT2D eigenvalue weighted by molar-refractivity contribution is -0.139. The van der Waals surface area contributed by atoms with E-state index in [9.17, 15) is 18.0 Å². The molecule has 1 atom stereocenters. The maximum absolute atomic E-state index is 13.9. The molecule has 11 heteroatoms. The lowest BCUT2D eigenvalue weighted by Crippen LogP contribution is -2.51. The van der Waals surface area contributed by atoms with Crippen LogP contribution in [0, 0.1) is 5.92 Å². The standard InChI is InChI=1S/C29H33BrClN3O5S/c1-20(2)17-32-29(36)21(3)33(18-22-10-12-23(30)13-11-22)28(35)19-34(24-14-15-27(39-4)26(31)16-24)40(37,38)25-8-6-5-7-9-25/h5-16,20-21H,17-19H2,1-4H3,(H,32,36)/t21-/m1/s1. The van der Waals surface area contributed by atoms with Gasteiger partial charge in [-0.15, -0.1) is 0 Å². The molecule has 0 radical (unpaired) electrons. The third-order valence-corrected chi connectivity index (χ3v) is 8.76. The second-order valence-corrected chi connectivity index (χ2v) is 12.8. The Bertz CT molecular complexity index is 1420. The zero-order valence-electron chi connectivity index (χ0n) is 22.8. The molecule has 0 aliphatic rings. The van der Waals surface area contributed by atoms with Crippen molar-refractivity contribution in [3.05, 3.63) is 87.9 Å². The highest BCUT2D eigenvalue weighted by atomic mass is 79.9. The van der Waals surface area contributed by atoms with Crippen molar-refractivity contribution in [1.29, 1.82) is 0 Å². The smallest absolute Gasteiger partial charge is 0.264 e. The third kappa shape index (κ3) is 7.99. The van der Waals surface area contributed by atoms with Gasteiger partial charge in [-0.1, -0.05) is 71.7 Å². The van der Waals surface area contributed by atoms with Crippen molar-refractivity contribution in [2.24, 2.45) is 5.92 Å². The molecule has 0 unspecified atom stereocenters. The van der Waals surface area contributed by atoms with E-state index < -0.39 is 28.5 Å². The molecule has 0 heterocycles. The van der Waals surface area contributed by atoms with Crippen molar-refractivity contribution < 1.29 is 22.7 Å². The topological polar surface area (TPSA) is 96.0 Å². The third-order valence-electron chi connectivity index (χ3n) is 6.15. The summed E-state index contributed by atoms with van der Waals surface area (Å²) in [5.74, 6) is -0.301. The number of nitrogens with zero attached hydrogens (tertiary/aromatic N) is 2. The first-order valence-corrected chi connectivity index (χ1v) is 15.3. The summed E-state index contributed by atoms with van der Waals surface area (Å²) in [4.78, 5) is 28.4. The van der Waals surface area contributed by atoms with Crippen molar-refractivity contribution in [3.8, 4) is 5.75 Å². The molecule has 2 amide bonds. The minimum Gasteiger partial charge on any atom is -0.495 e. The molecule has 0 aromatic heterocycles. The van der Waals surface area contributed by atoms with Gasteiger partial charge in [0.05, 0.1) is 22.7 Å². The number of carbonyl (C=O) groups excluding carboxylic acids is 2. The second-order valence-electron chi connectivity index (χ2n) is 9.61. The van der Waals surface area contributed by atoms with Crippen LogP contribution in [-0.4, -0.2) is 51.4 Å².